The fourth-order valence-corrected chi connectivity index (χ4v) is 2.43. The molecule has 1 heterocycles. The summed E-state index contributed by atoms with van der Waals surface area (Å²) < 4.78 is 0. The largest absolute Gasteiger partial charge is 0.339 e. The highest BCUT2D eigenvalue weighted by molar-refractivity contribution is 5.87. The van der Waals surface area contributed by atoms with Gasteiger partial charge in [0.25, 0.3) is 0 Å². The highest BCUT2D eigenvalue weighted by Gasteiger charge is 2.27. The summed E-state index contributed by atoms with van der Waals surface area (Å²) in [6.45, 7) is 10.7. The SMILES string of the molecule is CC=CC(=O)N1CCCC(C(C)(C)C)CC1. The van der Waals surface area contributed by atoms with E-state index in [1.165, 1.54) is 6.42 Å². The van der Waals surface area contributed by atoms with Gasteiger partial charge in [0.1, 0.15) is 0 Å². The number of amides is 1. The second kappa shape index (κ2) is 5.51. The van der Waals surface area contributed by atoms with Gasteiger partial charge in [0.15, 0.2) is 0 Å². The van der Waals surface area contributed by atoms with Gasteiger partial charge in [0, 0.05) is 13.1 Å². The number of carbonyl (C=O) groups is 1. The molecule has 1 unspecified atom stereocenters. The van der Waals surface area contributed by atoms with Crippen molar-refractivity contribution in [2.24, 2.45) is 11.3 Å². The monoisotopic (exact) mass is 223 g/mol. The summed E-state index contributed by atoms with van der Waals surface area (Å²) in [6, 6.07) is 0. The van der Waals surface area contributed by atoms with Crippen LogP contribution in [0.2, 0.25) is 0 Å². The van der Waals surface area contributed by atoms with Crippen molar-refractivity contribution in [3.63, 3.8) is 0 Å². The number of hydrogen-bond donors (Lipinski definition) is 0. The third kappa shape index (κ3) is 3.66. The van der Waals surface area contributed by atoms with Crippen molar-refractivity contribution in [2.45, 2.75) is 47.0 Å². The van der Waals surface area contributed by atoms with E-state index in [1.54, 1.807) is 6.08 Å². The molecule has 1 atom stereocenters. The zero-order chi connectivity index (χ0) is 12.2. The first kappa shape index (κ1) is 13.3. The summed E-state index contributed by atoms with van der Waals surface area (Å²) in [4.78, 5) is 13.7. The average Bonchev–Trinajstić information content (AvgIpc) is 2.41. The molecule has 1 aliphatic heterocycles. The normalized spacial score (nSPS) is 23.5. The van der Waals surface area contributed by atoms with Gasteiger partial charge in [-0.3, -0.25) is 4.79 Å². The topological polar surface area (TPSA) is 20.3 Å². The van der Waals surface area contributed by atoms with Crippen LogP contribution in [0.5, 0.6) is 0 Å². The summed E-state index contributed by atoms with van der Waals surface area (Å²) in [6.07, 6.45) is 7.05. The summed E-state index contributed by atoms with van der Waals surface area (Å²) in [5.74, 6) is 0.924. The Morgan fingerprint density at radius 1 is 1.25 bits per heavy atom. The lowest BCUT2D eigenvalue weighted by atomic mass is 9.77. The van der Waals surface area contributed by atoms with E-state index in [1.807, 2.05) is 17.9 Å². The molecule has 92 valence electrons. The Morgan fingerprint density at radius 3 is 2.50 bits per heavy atom. The number of carbonyl (C=O) groups excluding carboxylic acids is 1. The van der Waals surface area contributed by atoms with Crippen LogP contribution in [0.4, 0.5) is 0 Å². The van der Waals surface area contributed by atoms with Crippen molar-refractivity contribution in [1.29, 1.82) is 0 Å². The molecule has 1 rings (SSSR count). The third-order valence-corrected chi connectivity index (χ3v) is 3.57. The predicted octanol–water partition coefficient (Wildman–Crippen LogP) is 3.24. The van der Waals surface area contributed by atoms with Crippen molar-refractivity contribution in [3.05, 3.63) is 12.2 Å². The lowest BCUT2D eigenvalue weighted by molar-refractivity contribution is -0.126. The summed E-state index contributed by atoms with van der Waals surface area (Å²) in [5.41, 5.74) is 0.375. The van der Waals surface area contributed by atoms with E-state index >= 15 is 0 Å². The maximum Gasteiger partial charge on any atom is 0.246 e. The van der Waals surface area contributed by atoms with Gasteiger partial charge >= 0.3 is 0 Å². The molecule has 0 bridgehead atoms. The molecule has 0 spiro atoms. The number of hydrogen-bond acceptors (Lipinski definition) is 1. The van der Waals surface area contributed by atoms with Crippen LogP contribution in [0.15, 0.2) is 12.2 Å². The zero-order valence-corrected chi connectivity index (χ0v) is 11.1. The maximum atomic E-state index is 11.7. The lowest BCUT2D eigenvalue weighted by Crippen LogP contribution is -2.31. The minimum absolute atomic E-state index is 0.178. The van der Waals surface area contributed by atoms with Gasteiger partial charge < -0.3 is 4.90 Å². The molecule has 16 heavy (non-hydrogen) atoms. The Labute approximate surface area is 99.7 Å². The van der Waals surface area contributed by atoms with Gasteiger partial charge in [-0.2, -0.15) is 0 Å². The second-order valence-electron chi connectivity index (χ2n) is 5.82. The average molecular weight is 223 g/mol. The van der Waals surface area contributed by atoms with Crippen LogP contribution in [0.3, 0.4) is 0 Å². The molecular formula is C14H25NO. The lowest BCUT2D eigenvalue weighted by Gasteiger charge is -2.29. The van der Waals surface area contributed by atoms with E-state index < -0.39 is 0 Å². The van der Waals surface area contributed by atoms with E-state index in [-0.39, 0.29) is 5.91 Å². The van der Waals surface area contributed by atoms with Crippen molar-refractivity contribution < 1.29 is 4.79 Å². The van der Waals surface area contributed by atoms with Crippen LogP contribution in [-0.2, 0) is 4.79 Å². The Hall–Kier alpha value is -0.790. The smallest absolute Gasteiger partial charge is 0.246 e. The predicted molar refractivity (Wildman–Crippen MR) is 68.2 cm³/mol. The second-order valence-corrected chi connectivity index (χ2v) is 5.82. The molecule has 0 aromatic carbocycles. The summed E-state index contributed by atoms with van der Waals surface area (Å²) in [7, 11) is 0. The molecule has 0 aromatic heterocycles. The molecule has 2 nitrogen and oxygen atoms in total. The zero-order valence-electron chi connectivity index (χ0n) is 11.1. The van der Waals surface area contributed by atoms with Gasteiger partial charge in [0.05, 0.1) is 0 Å². The van der Waals surface area contributed by atoms with Crippen molar-refractivity contribution in [2.75, 3.05) is 13.1 Å². The molecule has 1 aliphatic rings. The minimum atomic E-state index is 0.178. The number of likely N-dealkylation sites (tertiary alicyclic amines) is 1. The molecule has 0 radical (unpaired) electrons. The van der Waals surface area contributed by atoms with Crippen LogP contribution in [0, 0.1) is 11.3 Å². The molecule has 0 N–H and O–H groups in total. The van der Waals surface area contributed by atoms with Crippen LogP contribution >= 0.6 is 0 Å². The summed E-state index contributed by atoms with van der Waals surface area (Å²) >= 11 is 0. The van der Waals surface area contributed by atoms with Gasteiger partial charge in [0.2, 0.25) is 5.91 Å². The van der Waals surface area contributed by atoms with E-state index in [0.717, 1.165) is 31.8 Å². The Balaban J connectivity index is 2.56. The van der Waals surface area contributed by atoms with Crippen LogP contribution in [0.25, 0.3) is 0 Å². The van der Waals surface area contributed by atoms with Gasteiger partial charge in [-0.1, -0.05) is 26.8 Å². The first-order valence-corrected chi connectivity index (χ1v) is 6.36. The molecule has 0 aromatic rings. The minimum Gasteiger partial charge on any atom is -0.339 e. The first-order chi connectivity index (χ1) is 7.45. The molecule has 0 saturated carbocycles. The van der Waals surface area contributed by atoms with Crippen LogP contribution < -0.4 is 0 Å². The summed E-state index contributed by atoms with van der Waals surface area (Å²) in [5, 5.41) is 0. The number of allylic oxidation sites excluding steroid dienone is 1. The Morgan fingerprint density at radius 2 is 1.94 bits per heavy atom. The van der Waals surface area contributed by atoms with Crippen molar-refractivity contribution >= 4 is 5.91 Å². The van der Waals surface area contributed by atoms with E-state index in [4.69, 9.17) is 0 Å². The van der Waals surface area contributed by atoms with Crippen LogP contribution in [0.1, 0.15) is 47.0 Å². The van der Waals surface area contributed by atoms with Gasteiger partial charge in [-0.05, 0) is 43.6 Å². The molecular weight excluding hydrogens is 198 g/mol. The van der Waals surface area contributed by atoms with E-state index in [9.17, 15) is 4.79 Å². The number of rotatable bonds is 1. The van der Waals surface area contributed by atoms with Crippen molar-refractivity contribution in [1.82, 2.24) is 4.90 Å². The molecule has 2 heteroatoms. The maximum absolute atomic E-state index is 11.7. The Bertz CT molecular complexity index is 262. The fraction of sp³-hybridized carbons (Fsp3) is 0.786. The standard InChI is InChI=1S/C14H25NO/c1-5-7-13(16)15-10-6-8-12(9-11-15)14(2,3)4/h5,7,12H,6,8-11H2,1-4H3. The van der Waals surface area contributed by atoms with E-state index in [0.29, 0.717) is 5.41 Å². The van der Waals surface area contributed by atoms with Gasteiger partial charge in [-0.15, -0.1) is 0 Å². The highest BCUT2D eigenvalue weighted by atomic mass is 16.2. The molecule has 1 fully saturated rings. The molecule has 0 aliphatic carbocycles. The Kier molecular flexibility index (Phi) is 4.57. The number of nitrogens with zero attached hydrogens (tertiary/aromatic N) is 1. The van der Waals surface area contributed by atoms with Gasteiger partial charge in [-0.25, -0.2) is 0 Å². The third-order valence-electron chi connectivity index (χ3n) is 3.57. The van der Waals surface area contributed by atoms with E-state index in [2.05, 4.69) is 20.8 Å². The quantitative estimate of drug-likeness (QED) is 0.625. The fourth-order valence-electron chi connectivity index (χ4n) is 2.43. The highest BCUT2D eigenvalue weighted by Crippen LogP contribution is 2.34. The van der Waals surface area contributed by atoms with Crippen molar-refractivity contribution in [3.8, 4) is 0 Å². The molecule has 1 amide bonds. The van der Waals surface area contributed by atoms with Crippen LogP contribution in [-0.4, -0.2) is 23.9 Å². The first-order valence-electron chi connectivity index (χ1n) is 6.36. The molecule has 1 saturated heterocycles.